The number of rotatable bonds is 5. The zero-order valence-electron chi connectivity index (χ0n) is 8.35. The van der Waals surface area contributed by atoms with Gasteiger partial charge in [-0.15, -0.1) is 0 Å². The second-order valence-corrected chi connectivity index (χ2v) is 3.17. The molecular weight excluding hydrogens is 212 g/mol. The molecule has 0 aliphatic heterocycles. The molecule has 7 nitrogen and oxygen atoms in total. The molecule has 1 aromatic rings. The highest BCUT2D eigenvalue weighted by atomic mass is 16.6. The van der Waals surface area contributed by atoms with Crippen LogP contribution in [0.3, 0.4) is 0 Å². The van der Waals surface area contributed by atoms with Crippen LogP contribution in [0.1, 0.15) is 5.56 Å². The van der Waals surface area contributed by atoms with E-state index in [4.69, 9.17) is 10.6 Å². The zero-order valence-corrected chi connectivity index (χ0v) is 8.35. The average Bonchev–Trinajstić information content (AvgIpc) is 2.29. The highest BCUT2D eigenvalue weighted by molar-refractivity contribution is 5.33. The molecule has 0 fully saturated rings. The fourth-order valence-corrected chi connectivity index (χ4v) is 1.24. The summed E-state index contributed by atoms with van der Waals surface area (Å²) in [6.45, 7) is -0.249. The Balaban J connectivity index is 2.74. The molecular formula is C9H10N4O3. The molecule has 0 radical (unpaired) electrons. The van der Waals surface area contributed by atoms with Crippen molar-refractivity contribution >= 4 is 5.69 Å². The summed E-state index contributed by atoms with van der Waals surface area (Å²) in [5.74, 6) is 0. The quantitative estimate of drug-likeness (QED) is 0.269. The minimum absolute atomic E-state index is 0.00748. The Labute approximate surface area is 91.1 Å². The molecule has 1 rings (SSSR count). The van der Waals surface area contributed by atoms with Crippen LogP contribution in [0.5, 0.6) is 0 Å². The molecule has 0 heterocycles. The van der Waals surface area contributed by atoms with Crippen LogP contribution in [0.2, 0.25) is 0 Å². The zero-order chi connectivity index (χ0) is 12.0. The van der Waals surface area contributed by atoms with Crippen molar-refractivity contribution in [1.82, 2.24) is 0 Å². The van der Waals surface area contributed by atoms with Crippen LogP contribution in [0.25, 0.3) is 10.4 Å². The van der Waals surface area contributed by atoms with E-state index in [1.165, 1.54) is 12.1 Å². The van der Waals surface area contributed by atoms with Crippen LogP contribution in [-0.4, -0.2) is 22.7 Å². The van der Waals surface area contributed by atoms with Crippen LogP contribution >= 0.6 is 0 Å². The number of non-ortho nitro benzene ring substituents is 1. The molecule has 84 valence electrons. The molecule has 0 spiro atoms. The van der Waals surface area contributed by atoms with Gasteiger partial charge >= 0.3 is 0 Å². The molecule has 0 aromatic heterocycles. The third-order valence-electron chi connectivity index (χ3n) is 2.04. The predicted molar refractivity (Wildman–Crippen MR) is 56.8 cm³/mol. The van der Waals surface area contributed by atoms with E-state index in [0.717, 1.165) is 5.56 Å². The normalized spacial score (nSPS) is 11.6. The first kappa shape index (κ1) is 12.0. The number of aliphatic hydroxyl groups is 1. The van der Waals surface area contributed by atoms with Gasteiger partial charge in [-0.1, -0.05) is 17.2 Å². The molecule has 7 heteroatoms. The van der Waals surface area contributed by atoms with E-state index in [1.807, 2.05) is 0 Å². The number of hydrogen-bond donors (Lipinski definition) is 1. The molecule has 0 amide bonds. The lowest BCUT2D eigenvalue weighted by Gasteiger charge is -2.06. The summed E-state index contributed by atoms with van der Waals surface area (Å²) in [6.07, 6.45) is 0.360. The first-order valence-corrected chi connectivity index (χ1v) is 4.55. The van der Waals surface area contributed by atoms with Crippen LogP contribution in [0, 0.1) is 10.1 Å². The molecule has 0 unspecified atom stereocenters. The van der Waals surface area contributed by atoms with Crippen molar-refractivity contribution in [2.75, 3.05) is 6.61 Å². The van der Waals surface area contributed by atoms with Crippen molar-refractivity contribution in [1.29, 1.82) is 0 Å². The molecule has 0 aliphatic carbocycles. The number of azide groups is 1. The van der Waals surface area contributed by atoms with Gasteiger partial charge in [0.25, 0.3) is 5.69 Å². The largest absolute Gasteiger partial charge is 0.396 e. The Morgan fingerprint density at radius 1 is 1.50 bits per heavy atom. The first-order valence-electron chi connectivity index (χ1n) is 4.55. The second-order valence-electron chi connectivity index (χ2n) is 3.17. The standard InChI is InChI=1S/C9H10N4O3/c10-12-11-8(6-14)5-7-1-3-9(4-2-7)13(15)16/h1-4,8,14H,5-6H2/t8-/m1/s1. The van der Waals surface area contributed by atoms with Gasteiger partial charge in [-0.2, -0.15) is 0 Å². The van der Waals surface area contributed by atoms with Crippen molar-refractivity contribution in [3.05, 3.63) is 50.4 Å². The summed E-state index contributed by atoms with van der Waals surface area (Å²) in [5.41, 5.74) is 9.00. The molecule has 0 bridgehead atoms. The Hall–Kier alpha value is -2.11. The van der Waals surface area contributed by atoms with Crippen molar-refractivity contribution in [2.24, 2.45) is 5.11 Å². The van der Waals surface area contributed by atoms with Crippen molar-refractivity contribution in [3.8, 4) is 0 Å². The van der Waals surface area contributed by atoms with E-state index in [2.05, 4.69) is 10.0 Å². The van der Waals surface area contributed by atoms with Crippen LogP contribution in [-0.2, 0) is 6.42 Å². The monoisotopic (exact) mass is 222 g/mol. The summed E-state index contributed by atoms with van der Waals surface area (Å²) in [7, 11) is 0. The molecule has 0 saturated carbocycles. The number of nitro benzene ring substituents is 1. The van der Waals surface area contributed by atoms with Gasteiger partial charge in [-0.05, 0) is 17.5 Å². The van der Waals surface area contributed by atoms with Crippen LogP contribution < -0.4 is 0 Å². The van der Waals surface area contributed by atoms with E-state index >= 15 is 0 Å². The highest BCUT2D eigenvalue weighted by Crippen LogP contribution is 2.13. The van der Waals surface area contributed by atoms with Gasteiger partial charge in [-0.3, -0.25) is 10.1 Å². The minimum atomic E-state index is -0.536. The topological polar surface area (TPSA) is 112 Å². The number of nitrogens with zero attached hydrogens (tertiary/aromatic N) is 4. The van der Waals surface area contributed by atoms with Gasteiger partial charge in [0.2, 0.25) is 0 Å². The summed E-state index contributed by atoms with van der Waals surface area (Å²) >= 11 is 0. The summed E-state index contributed by atoms with van der Waals surface area (Å²) in [5, 5.41) is 22.7. The fourth-order valence-electron chi connectivity index (χ4n) is 1.24. The van der Waals surface area contributed by atoms with E-state index in [0.29, 0.717) is 6.42 Å². The number of hydrogen-bond acceptors (Lipinski definition) is 4. The third-order valence-corrected chi connectivity index (χ3v) is 2.04. The van der Waals surface area contributed by atoms with E-state index < -0.39 is 11.0 Å². The summed E-state index contributed by atoms with van der Waals surface area (Å²) in [6, 6.07) is 5.37. The number of aliphatic hydroxyl groups excluding tert-OH is 1. The van der Waals surface area contributed by atoms with Gasteiger partial charge in [0.15, 0.2) is 0 Å². The average molecular weight is 222 g/mol. The van der Waals surface area contributed by atoms with Gasteiger partial charge < -0.3 is 5.11 Å². The number of benzene rings is 1. The van der Waals surface area contributed by atoms with Gasteiger partial charge in [0.1, 0.15) is 0 Å². The minimum Gasteiger partial charge on any atom is -0.396 e. The third kappa shape index (κ3) is 3.23. The Bertz CT molecular complexity index is 411. The lowest BCUT2D eigenvalue weighted by atomic mass is 10.1. The maximum atomic E-state index is 10.4. The Morgan fingerprint density at radius 3 is 2.56 bits per heavy atom. The lowest BCUT2D eigenvalue weighted by molar-refractivity contribution is -0.384. The maximum absolute atomic E-state index is 10.4. The molecule has 16 heavy (non-hydrogen) atoms. The highest BCUT2D eigenvalue weighted by Gasteiger charge is 2.08. The smallest absolute Gasteiger partial charge is 0.269 e. The predicted octanol–water partition coefficient (Wildman–Crippen LogP) is 1.81. The van der Waals surface area contributed by atoms with Crippen LogP contribution in [0.15, 0.2) is 29.4 Å². The first-order chi connectivity index (χ1) is 7.67. The van der Waals surface area contributed by atoms with Crippen molar-refractivity contribution in [2.45, 2.75) is 12.5 Å². The van der Waals surface area contributed by atoms with Crippen molar-refractivity contribution in [3.63, 3.8) is 0 Å². The fraction of sp³-hybridized carbons (Fsp3) is 0.333. The SMILES string of the molecule is [N-]=[N+]=N[C@@H](CO)Cc1ccc([N+](=O)[O-])cc1. The van der Waals surface area contributed by atoms with E-state index in [1.54, 1.807) is 12.1 Å². The molecule has 1 atom stereocenters. The van der Waals surface area contributed by atoms with Crippen LogP contribution in [0.4, 0.5) is 5.69 Å². The van der Waals surface area contributed by atoms with Crippen molar-refractivity contribution < 1.29 is 10.0 Å². The second kappa shape index (κ2) is 5.69. The van der Waals surface area contributed by atoms with Gasteiger partial charge in [0, 0.05) is 17.0 Å². The molecule has 1 N–H and O–H groups in total. The number of nitro groups is 1. The summed E-state index contributed by atoms with van der Waals surface area (Å²) in [4.78, 5) is 12.5. The molecule has 0 aliphatic rings. The summed E-state index contributed by atoms with van der Waals surface area (Å²) < 4.78 is 0. The van der Waals surface area contributed by atoms with Gasteiger partial charge in [-0.25, -0.2) is 0 Å². The van der Waals surface area contributed by atoms with E-state index in [-0.39, 0.29) is 12.3 Å². The Kier molecular flexibility index (Phi) is 4.26. The van der Waals surface area contributed by atoms with Gasteiger partial charge in [0.05, 0.1) is 17.6 Å². The van der Waals surface area contributed by atoms with E-state index in [9.17, 15) is 10.1 Å². The molecule has 0 saturated heterocycles. The Morgan fingerprint density at radius 2 is 2.12 bits per heavy atom. The lowest BCUT2D eigenvalue weighted by Crippen LogP contribution is -2.12. The molecule has 1 aromatic carbocycles. The maximum Gasteiger partial charge on any atom is 0.269 e.